The van der Waals surface area contributed by atoms with Gasteiger partial charge in [0.1, 0.15) is 0 Å². The van der Waals surface area contributed by atoms with Crippen LogP contribution in [-0.2, 0) is 19.1 Å². The van der Waals surface area contributed by atoms with Gasteiger partial charge in [0.05, 0.1) is 18.5 Å². The van der Waals surface area contributed by atoms with E-state index in [9.17, 15) is 14.4 Å². The lowest BCUT2D eigenvalue weighted by Crippen LogP contribution is -2.32. The van der Waals surface area contributed by atoms with Gasteiger partial charge < -0.3 is 15.0 Å². The average molecular weight is 328 g/mol. The maximum atomic E-state index is 12.2. The van der Waals surface area contributed by atoms with Crippen LogP contribution in [-0.4, -0.2) is 42.4 Å². The van der Waals surface area contributed by atoms with Gasteiger partial charge in [0.2, 0.25) is 5.91 Å². The van der Waals surface area contributed by atoms with E-state index in [2.05, 4.69) is 11.2 Å². The molecule has 126 valence electrons. The monoisotopic (exact) mass is 328 g/mol. The minimum absolute atomic E-state index is 0.0840. The van der Waals surface area contributed by atoms with Crippen LogP contribution in [0, 0.1) is 18.3 Å². The second-order valence-corrected chi connectivity index (χ2v) is 5.62. The number of ether oxygens (including phenoxy) is 1. The zero-order chi connectivity index (χ0) is 17.5. The van der Waals surface area contributed by atoms with E-state index in [0.29, 0.717) is 6.54 Å². The molecule has 1 aromatic carbocycles. The van der Waals surface area contributed by atoms with E-state index in [-0.39, 0.29) is 31.5 Å². The Morgan fingerprint density at radius 1 is 1.42 bits per heavy atom. The van der Waals surface area contributed by atoms with Crippen molar-refractivity contribution >= 4 is 17.8 Å². The van der Waals surface area contributed by atoms with Crippen LogP contribution >= 0.6 is 0 Å². The maximum absolute atomic E-state index is 12.2. The molecule has 0 spiro atoms. The molecule has 1 N–H and O–H groups in total. The van der Waals surface area contributed by atoms with Crippen LogP contribution < -0.4 is 5.32 Å². The van der Waals surface area contributed by atoms with Gasteiger partial charge >= 0.3 is 5.97 Å². The number of nitrogens with zero attached hydrogens (tertiary/aromatic N) is 1. The Balaban J connectivity index is 1.88. The molecule has 1 fully saturated rings. The fourth-order valence-corrected chi connectivity index (χ4v) is 2.63. The van der Waals surface area contributed by atoms with Crippen LogP contribution in [0.4, 0.5) is 0 Å². The Kier molecular flexibility index (Phi) is 5.96. The van der Waals surface area contributed by atoms with Gasteiger partial charge in [-0.3, -0.25) is 14.4 Å². The van der Waals surface area contributed by atoms with Gasteiger partial charge in [-0.1, -0.05) is 36.3 Å². The third-order valence-electron chi connectivity index (χ3n) is 3.97. The topological polar surface area (TPSA) is 75.7 Å². The van der Waals surface area contributed by atoms with Gasteiger partial charge in [0, 0.05) is 13.0 Å². The van der Waals surface area contributed by atoms with Crippen molar-refractivity contribution in [3.63, 3.8) is 0 Å². The molecule has 0 saturated carbocycles. The number of carbonyl (C=O) groups is 3. The number of nitrogens with one attached hydrogen (secondary N) is 1. The second kappa shape index (κ2) is 8.16. The molecule has 2 rings (SSSR count). The smallest absolute Gasteiger partial charge is 0.311 e. The maximum Gasteiger partial charge on any atom is 0.311 e. The Morgan fingerprint density at radius 3 is 2.79 bits per heavy atom. The molecule has 2 amide bonds. The van der Waals surface area contributed by atoms with Crippen LogP contribution in [0.15, 0.2) is 30.3 Å². The van der Waals surface area contributed by atoms with E-state index in [4.69, 9.17) is 11.2 Å². The van der Waals surface area contributed by atoms with Gasteiger partial charge in [-0.25, -0.2) is 0 Å². The summed E-state index contributed by atoms with van der Waals surface area (Å²) in [7, 11) is 0. The highest BCUT2D eigenvalue weighted by Gasteiger charge is 2.38. The zero-order valence-corrected chi connectivity index (χ0v) is 13.5. The first-order valence-electron chi connectivity index (χ1n) is 7.74. The van der Waals surface area contributed by atoms with Gasteiger partial charge in [-0.05, 0) is 12.5 Å². The number of likely N-dealkylation sites (tertiary alicyclic amines) is 1. The summed E-state index contributed by atoms with van der Waals surface area (Å²) in [5.74, 6) is 0.615. The van der Waals surface area contributed by atoms with Gasteiger partial charge in [-0.15, -0.1) is 6.42 Å². The fourth-order valence-electron chi connectivity index (χ4n) is 2.63. The lowest BCUT2D eigenvalue weighted by atomic mass is 10.1. The minimum atomic E-state index is -0.552. The number of benzene rings is 1. The number of terminal acetylenes is 1. The van der Waals surface area contributed by atoms with Crippen molar-refractivity contribution in [1.29, 1.82) is 0 Å². The van der Waals surface area contributed by atoms with Gasteiger partial charge in [0.15, 0.2) is 6.61 Å². The third-order valence-corrected chi connectivity index (χ3v) is 3.97. The van der Waals surface area contributed by atoms with Crippen molar-refractivity contribution in [2.24, 2.45) is 5.92 Å². The van der Waals surface area contributed by atoms with Crippen molar-refractivity contribution < 1.29 is 19.1 Å². The predicted octanol–water partition coefficient (Wildman–Crippen LogP) is 0.889. The Morgan fingerprint density at radius 2 is 2.12 bits per heavy atom. The summed E-state index contributed by atoms with van der Waals surface area (Å²) in [4.78, 5) is 37.3. The van der Waals surface area contributed by atoms with Gasteiger partial charge in [0.25, 0.3) is 5.91 Å². The van der Waals surface area contributed by atoms with Crippen LogP contribution in [0.1, 0.15) is 24.9 Å². The number of carbonyl (C=O) groups excluding carboxylic acids is 3. The number of rotatable bonds is 6. The van der Waals surface area contributed by atoms with E-state index in [1.807, 2.05) is 37.3 Å². The van der Waals surface area contributed by atoms with E-state index < -0.39 is 17.8 Å². The molecule has 0 radical (unpaired) electrons. The van der Waals surface area contributed by atoms with E-state index in [0.717, 1.165) is 5.56 Å². The summed E-state index contributed by atoms with van der Waals surface area (Å²) in [5, 5.41) is 2.41. The van der Waals surface area contributed by atoms with Crippen LogP contribution in [0.5, 0.6) is 0 Å². The van der Waals surface area contributed by atoms with E-state index in [1.165, 1.54) is 0 Å². The summed E-state index contributed by atoms with van der Waals surface area (Å²) in [6.45, 7) is 1.91. The molecule has 1 saturated heterocycles. The normalized spacial score (nSPS) is 17.9. The number of hydrogen-bond acceptors (Lipinski definition) is 4. The molecule has 0 unspecified atom stereocenters. The molecule has 0 aromatic heterocycles. The molecule has 0 bridgehead atoms. The average Bonchev–Trinajstić information content (AvgIpc) is 2.99. The molecule has 6 heteroatoms. The van der Waals surface area contributed by atoms with Crippen LogP contribution in [0.2, 0.25) is 0 Å². The fraction of sp³-hybridized carbons (Fsp3) is 0.389. The molecule has 1 aliphatic rings. The Hall–Kier alpha value is -2.81. The predicted molar refractivity (Wildman–Crippen MR) is 87.5 cm³/mol. The standard InChI is InChI=1S/C18H20N2O4/c1-3-9-19-16(21)12-24-18(23)15-10-17(22)20(11-15)13(2)14-7-5-4-6-8-14/h1,4-8,13,15H,9-12H2,2H3,(H,19,21)/t13-,15+/m0/s1. The Labute approximate surface area is 141 Å². The lowest BCUT2D eigenvalue weighted by molar-refractivity contribution is -0.152. The van der Waals surface area contributed by atoms with Crippen LogP contribution in [0.25, 0.3) is 0 Å². The van der Waals surface area contributed by atoms with Crippen molar-refractivity contribution in [2.45, 2.75) is 19.4 Å². The second-order valence-electron chi connectivity index (χ2n) is 5.62. The summed E-state index contributed by atoms with van der Waals surface area (Å²) >= 11 is 0. The van der Waals surface area contributed by atoms with Crippen molar-refractivity contribution in [2.75, 3.05) is 19.7 Å². The molecule has 1 aliphatic heterocycles. The zero-order valence-electron chi connectivity index (χ0n) is 13.5. The quantitative estimate of drug-likeness (QED) is 0.621. The molecule has 1 aromatic rings. The Bertz CT molecular complexity index is 651. The molecule has 2 atom stereocenters. The van der Waals surface area contributed by atoms with E-state index >= 15 is 0 Å². The molecule has 0 aliphatic carbocycles. The highest BCUT2D eigenvalue weighted by atomic mass is 16.5. The molecular weight excluding hydrogens is 308 g/mol. The largest absolute Gasteiger partial charge is 0.455 e. The molecule has 6 nitrogen and oxygen atoms in total. The minimum Gasteiger partial charge on any atom is -0.455 e. The van der Waals surface area contributed by atoms with Gasteiger partial charge in [-0.2, -0.15) is 0 Å². The summed E-state index contributed by atoms with van der Waals surface area (Å²) in [5.41, 5.74) is 1.01. The van der Waals surface area contributed by atoms with Crippen molar-refractivity contribution in [3.8, 4) is 12.3 Å². The van der Waals surface area contributed by atoms with Crippen molar-refractivity contribution in [1.82, 2.24) is 10.2 Å². The summed E-state index contributed by atoms with van der Waals surface area (Å²) in [6.07, 6.45) is 5.12. The SMILES string of the molecule is C#CCNC(=O)COC(=O)[C@@H]1CC(=O)N([C@@H](C)c2ccccc2)C1. The first-order valence-corrected chi connectivity index (χ1v) is 7.74. The first-order chi connectivity index (χ1) is 11.5. The van der Waals surface area contributed by atoms with Crippen molar-refractivity contribution in [3.05, 3.63) is 35.9 Å². The highest BCUT2D eigenvalue weighted by molar-refractivity contribution is 5.88. The number of amides is 2. The number of hydrogen-bond donors (Lipinski definition) is 1. The summed E-state index contributed by atoms with van der Waals surface area (Å²) < 4.78 is 4.97. The molecule has 1 heterocycles. The molecule has 24 heavy (non-hydrogen) atoms. The lowest BCUT2D eigenvalue weighted by Gasteiger charge is -2.25. The van der Waals surface area contributed by atoms with E-state index in [1.54, 1.807) is 4.90 Å². The summed E-state index contributed by atoms with van der Waals surface area (Å²) in [6, 6.07) is 9.50. The van der Waals surface area contributed by atoms with Crippen LogP contribution in [0.3, 0.4) is 0 Å². The third kappa shape index (κ3) is 4.35. The number of esters is 1. The molecular formula is C18H20N2O4. The highest BCUT2D eigenvalue weighted by Crippen LogP contribution is 2.28. The first kappa shape index (κ1) is 17.5.